The van der Waals surface area contributed by atoms with Crippen molar-refractivity contribution in [3.05, 3.63) is 59.4 Å². The predicted molar refractivity (Wildman–Crippen MR) is 139 cm³/mol. The molecule has 1 unspecified atom stereocenters. The summed E-state index contributed by atoms with van der Waals surface area (Å²) in [7, 11) is 1.78. The maximum atomic E-state index is 11.6. The molecule has 2 amide bonds. The molecule has 3 rings (SSSR count). The highest BCUT2D eigenvalue weighted by Gasteiger charge is 2.31. The van der Waals surface area contributed by atoms with Crippen molar-refractivity contribution < 1.29 is 15.8 Å². The van der Waals surface area contributed by atoms with E-state index < -0.39 is 0 Å². The molecule has 1 aromatic carbocycles. The second-order valence-electron chi connectivity index (χ2n) is 7.56. The fraction of sp³-hybridized carbons (Fsp3) is 0.375. The lowest BCUT2D eigenvalue weighted by molar-refractivity contribution is -0.118. The van der Waals surface area contributed by atoms with Crippen LogP contribution < -0.4 is 21.1 Å². The Kier molecular flexibility index (Phi) is 11.2. The molecule has 0 aliphatic carbocycles. The molecule has 184 valence electrons. The Labute approximate surface area is 206 Å². The number of imide groups is 1. The molecule has 1 aromatic heterocycles. The fourth-order valence-electron chi connectivity index (χ4n) is 2.99. The van der Waals surface area contributed by atoms with Gasteiger partial charge < -0.3 is 15.8 Å². The van der Waals surface area contributed by atoms with Gasteiger partial charge in [-0.1, -0.05) is 36.9 Å². The maximum absolute atomic E-state index is 11.6. The first-order valence-electron chi connectivity index (χ1n) is 11.0. The number of aryl methyl sites for hydroxylation is 1. The van der Waals surface area contributed by atoms with Gasteiger partial charge in [-0.2, -0.15) is 0 Å². The Morgan fingerprint density at radius 2 is 1.97 bits per heavy atom. The minimum atomic E-state index is -0.337. The van der Waals surface area contributed by atoms with Crippen LogP contribution >= 0.6 is 11.8 Å². The van der Waals surface area contributed by atoms with Crippen LogP contribution in [0.15, 0.2) is 47.6 Å². The van der Waals surface area contributed by atoms with Crippen molar-refractivity contribution in [2.45, 2.75) is 38.4 Å². The van der Waals surface area contributed by atoms with Crippen molar-refractivity contribution in [2.24, 2.45) is 10.7 Å². The van der Waals surface area contributed by atoms with E-state index >= 15 is 0 Å². The third-order valence-electron chi connectivity index (χ3n) is 4.70. The molecule has 1 fully saturated rings. The van der Waals surface area contributed by atoms with E-state index in [1.807, 2.05) is 36.5 Å². The molecule has 0 spiro atoms. The first kappa shape index (κ1) is 27.0. The monoisotopic (exact) mass is 486 g/mol. The molecule has 1 atom stereocenters. The summed E-state index contributed by atoms with van der Waals surface area (Å²) >= 11 is 1.05. The zero-order valence-corrected chi connectivity index (χ0v) is 20.6. The van der Waals surface area contributed by atoms with Crippen LogP contribution in [0.4, 0.5) is 4.79 Å². The number of ether oxygens (including phenoxy) is 1. The van der Waals surface area contributed by atoms with Crippen LogP contribution in [-0.2, 0) is 24.1 Å². The average molecular weight is 487 g/mol. The first-order valence-corrected chi connectivity index (χ1v) is 11.9. The number of rotatable bonds is 9. The summed E-state index contributed by atoms with van der Waals surface area (Å²) in [5.74, 6) is 1.26. The van der Waals surface area contributed by atoms with Gasteiger partial charge in [0.1, 0.15) is 17.4 Å². The largest absolute Gasteiger partial charge is 0.493 e. The molecule has 0 radical (unpaired) electrons. The second-order valence-corrected chi connectivity index (χ2v) is 8.74. The number of benzene rings is 1. The minimum Gasteiger partial charge on any atom is -0.493 e. The number of carbonyl (C=O) groups excluding carboxylic acids is 2. The molecule has 9 nitrogen and oxygen atoms in total. The number of aromatic nitrogens is 1. The van der Waals surface area contributed by atoms with Gasteiger partial charge in [0, 0.05) is 19.7 Å². The van der Waals surface area contributed by atoms with E-state index in [1.54, 1.807) is 14.0 Å². The number of aliphatic imine (C=N–C) groups is 1. The highest BCUT2D eigenvalue weighted by Crippen LogP contribution is 2.23. The number of nitrogens with two attached hydrogens (primary N) is 1. The zero-order valence-electron chi connectivity index (χ0n) is 19.8. The highest BCUT2D eigenvalue weighted by molar-refractivity contribution is 8.15. The SMILES string of the molecule is CCc1ccc(CCOc2ccc(CC3SC(=O)NC3=O)cc2)nc1.CNCC(N)=NC(C)=N.[HH]. The summed E-state index contributed by atoms with van der Waals surface area (Å²) in [5, 5.41) is 11.4. The lowest BCUT2D eigenvalue weighted by atomic mass is 10.1. The van der Waals surface area contributed by atoms with Gasteiger partial charge in [0.25, 0.3) is 5.24 Å². The van der Waals surface area contributed by atoms with Crippen LogP contribution in [0.25, 0.3) is 0 Å². The van der Waals surface area contributed by atoms with Crippen LogP contribution in [0.3, 0.4) is 0 Å². The average Bonchev–Trinajstić information content (AvgIpc) is 3.12. The van der Waals surface area contributed by atoms with E-state index in [0.717, 1.165) is 41.6 Å². The van der Waals surface area contributed by atoms with E-state index in [-0.39, 0.29) is 23.7 Å². The summed E-state index contributed by atoms with van der Waals surface area (Å²) in [4.78, 5) is 30.9. The quantitative estimate of drug-likeness (QED) is 0.315. The van der Waals surface area contributed by atoms with Gasteiger partial charge in [0.05, 0.1) is 18.4 Å². The van der Waals surface area contributed by atoms with E-state index in [9.17, 15) is 9.59 Å². The van der Waals surface area contributed by atoms with Crippen molar-refractivity contribution in [3.8, 4) is 5.75 Å². The van der Waals surface area contributed by atoms with Crippen LogP contribution in [0.2, 0.25) is 0 Å². The molecule has 5 N–H and O–H groups in total. The normalized spacial score (nSPS) is 15.4. The Hall–Kier alpha value is -3.24. The predicted octanol–water partition coefficient (Wildman–Crippen LogP) is 2.97. The Bertz CT molecular complexity index is 999. The molecule has 2 heterocycles. The molecule has 0 bridgehead atoms. The summed E-state index contributed by atoms with van der Waals surface area (Å²) in [5.41, 5.74) is 8.59. The fourth-order valence-corrected chi connectivity index (χ4v) is 3.84. The number of amides is 2. The van der Waals surface area contributed by atoms with Crippen molar-refractivity contribution in [1.82, 2.24) is 15.6 Å². The lowest BCUT2D eigenvalue weighted by Crippen LogP contribution is -2.26. The van der Waals surface area contributed by atoms with E-state index in [4.69, 9.17) is 15.9 Å². The molecule has 2 aromatic rings. The number of nitrogens with one attached hydrogen (secondary N) is 3. The third kappa shape index (κ3) is 9.72. The molecule has 0 saturated carbocycles. The van der Waals surface area contributed by atoms with Crippen LogP contribution in [0.5, 0.6) is 5.75 Å². The lowest BCUT2D eigenvalue weighted by Gasteiger charge is -2.09. The van der Waals surface area contributed by atoms with Crippen molar-refractivity contribution in [2.75, 3.05) is 20.2 Å². The van der Waals surface area contributed by atoms with E-state index in [1.165, 1.54) is 5.56 Å². The number of thioether (sulfide) groups is 1. The molecule has 1 aliphatic rings. The van der Waals surface area contributed by atoms with Crippen molar-refractivity contribution >= 4 is 34.6 Å². The van der Waals surface area contributed by atoms with Crippen LogP contribution in [-0.4, -0.2) is 53.3 Å². The number of likely N-dealkylation sites (N-methyl/N-ethyl adjacent to an activating group) is 1. The van der Waals surface area contributed by atoms with E-state index in [2.05, 4.69) is 33.6 Å². The summed E-state index contributed by atoms with van der Waals surface area (Å²) in [6.45, 7) is 4.80. The van der Waals surface area contributed by atoms with Gasteiger partial charge in [-0.15, -0.1) is 0 Å². The third-order valence-corrected chi connectivity index (χ3v) is 5.68. The summed E-state index contributed by atoms with van der Waals surface area (Å²) in [6, 6.07) is 11.8. The molecule has 10 heteroatoms. The number of hydrogen-bond acceptors (Lipinski definition) is 7. The van der Waals surface area contributed by atoms with Gasteiger partial charge >= 0.3 is 0 Å². The number of pyridine rings is 1. The first-order chi connectivity index (χ1) is 16.3. The Balaban J connectivity index is 0.000000526. The topological polar surface area (TPSA) is 143 Å². The van der Waals surface area contributed by atoms with Gasteiger partial charge in [0.15, 0.2) is 0 Å². The Morgan fingerprint density at radius 3 is 2.50 bits per heavy atom. The molecule has 1 saturated heterocycles. The molecular weight excluding hydrogens is 452 g/mol. The molecular formula is C24H34N6O3S. The Morgan fingerprint density at radius 1 is 1.26 bits per heavy atom. The van der Waals surface area contributed by atoms with Crippen LogP contribution in [0.1, 0.15) is 32.1 Å². The van der Waals surface area contributed by atoms with Gasteiger partial charge in [0.2, 0.25) is 5.91 Å². The zero-order chi connectivity index (χ0) is 24.9. The van der Waals surface area contributed by atoms with Crippen molar-refractivity contribution in [3.63, 3.8) is 0 Å². The highest BCUT2D eigenvalue weighted by atomic mass is 32.2. The van der Waals surface area contributed by atoms with Gasteiger partial charge in [-0.05, 0) is 56.1 Å². The molecule has 1 aliphatic heterocycles. The van der Waals surface area contributed by atoms with E-state index in [0.29, 0.717) is 25.4 Å². The number of hydrogen-bond donors (Lipinski definition) is 4. The smallest absolute Gasteiger partial charge is 0.286 e. The number of amidine groups is 2. The second kappa shape index (κ2) is 14.1. The number of carbonyl (C=O) groups is 2. The minimum absolute atomic E-state index is 0. The van der Waals surface area contributed by atoms with Gasteiger partial charge in [-0.25, -0.2) is 4.99 Å². The standard InChI is InChI=1S/C19H20N2O3S.C5H12N4.H2/c1-2-13-3-6-15(20-12-13)9-10-24-16-7-4-14(5-8-16)11-17-18(22)21-19(23)25-17;1-4(6)9-5(7)3-8-2;/h3-8,12,17H,2,9-11H2,1H3,(H,21,22,23);8H,3H2,1-2H3,(H3,6,7,9);1H. The summed E-state index contributed by atoms with van der Waals surface area (Å²) < 4.78 is 5.75. The summed E-state index contributed by atoms with van der Waals surface area (Å²) in [6.07, 6.45) is 4.19. The maximum Gasteiger partial charge on any atom is 0.286 e. The van der Waals surface area contributed by atoms with Crippen molar-refractivity contribution in [1.29, 1.82) is 5.41 Å². The molecule has 34 heavy (non-hydrogen) atoms. The number of nitrogens with zero attached hydrogens (tertiary/aromatic N) is 2. The van der Waals surface area contributed by atoms with Crippen LogP contribution in [0, 0.1) is 5.41 Å². The van der Waals surface area contributed by atoms with Gasteiger partial charge in [-0.3, -0.25) is 25.3 Å².